The van der Waals surface area contributed by atoms with Gasteiger partial charge in [-0.3, -0.25) is 9.59 Å². The molecule has 0 spiro atoms. The number of Topliss-reactive ketones (excluding diaryl/α,β-unsaturated/α-hetero) is 1. The Bertz CT molecular complexity index is 2050. The number of fused-ring (bicyclic) bond motifs is 2. The Morgan fingerprint density at radius 1 is 0.883 bits per heavy atom. The molecule has 3 aromatic rings. The summed E-state index contributed by atoms with van der Waals surface area (Å²) in [6.45, 7) is 2.69. The van der Waals surface area contributed by atoms with E-state index >= 15 is 0 Å². The third kappa shape index (κ3) is 11.9. The molecule has 9 nitrogen and oxygen atoms in total. The fraction of sp³-hybridized carbons (Fsp3) is 0.451. The molecule has 0 aromatic heterocycles. The van der Waals surface area contributed by atoms with Crippen LogP contribution in [0, 0.1) is 17.8 Å². The SMILES string of the molecule is NC1C=C(CCc2cccc(CCc3ccccc3)c2)C(Cc2cc(O)c(OCO)cc2C=CC(=O)CC(=O)CCCCCC2C3NCCCC3=CC3CNCCC32)=CN1. The first-order valence-corrected chi connectivity index (χ1v) is 22.3. The summed E-state index contributed by atoms with van der Waals surface area (Å²) < 4.78 is 5.29. The molecule has 0 saturated carbocycles. The predicted molar refractivity (Wildman–Crippen MR) is 239 cm³/mol. The molecule has 60 heavy (non-hydrogen) atoms. The Labute approximate surface area is 356 Å². The first-order valence-electron chi connectivity index (χ1n) is 22.3. The maximum atomic E-state index is 13.1. The maximum Gasteiger partial charge on any atom is 0.186 e. The summed E-state index contributed by atoms with van der Waals surface area (Å²) in [6, 6.07) is 23.1. The smallest absolute Gasteiger partial charge is 0.186 e. The molecule has 7 rings (SSSR count). The third-order valence-electron chi connectivity index (χ3n) is 13.0. The van der Waals surface area contributed by atoms with E-state index in [9.17, 15) is 19.8 Å². The lowest BCUT2D eigenvalue weighted by Crippen LogP contribution is -2.52. The van der Waals surface area contributed by atoms with Crippen LogP contribution in [0.5, 0.6) is 11.5 Å². The largest absolute Gasteiger partial charge is 0.504 e. The number of hydrogen-bond acceptors (Lipinski definition) is 9. The Morgan fingerprint density at radius 3 is 2.52 bits per heavy atom. The van der Waals surface area contributed by atoms with Crippen molar-refractivity contribution in [2.45, 2.75) is 102 Å². The molecule has 0 amide bonds. The van der Waals surface area contributed by atoms with Crippen molar-refractivity contribution in [2.24, 2.45) is 23.5 Å². The third-order valence-corrected chi connectivity index (χ3v) is 13.0. The van der Waals surface area contributed by atoms with Gasteiger partial charge in [0.15, 0.2) is 24.1 Å². The van der Waals surface area contributed by atoms with Gasteiger partial charge in [-0.05, 0) is 158 Å². The van der Waals surface area contributed by atoms with Gasteiger partial charge in [-0.15, -0.1) is 0 Å². The van der Waals surface area contributed by atoms with Crippen LogP contribution in [0.3, 0.4) is 0 Å². The molecule has 7 N–H and O–H groups in total. The van der Waals surface area contributed by atoms with Gasteiger partial charge in [0.05, 0.1) is 12.6 Å². The van der Waals surface area contributed by atoms with Gasteiger partial charge in [-0.1, -0.05) is 85.2 Å². The Morgan fingerprint density at radius 2 is 1.68 bits per heavy atom. The van der Waals surface area contributed by atoms with Crippen LogP contribution in [0.1, 0.15) is 92.0 Å². The molecule has 318 valence electrons. The van der Waals surface area contributed by atoms with Gasteiger partial charge in [-0.2, -0.15) is 0 Å². The first-order chi connectivity index (χ1) is 29.3. The topological polar surface area (TPSA) is 146 Å². The van der Waals surface area contributed by atoms with Crippen LogP contribution in [0.4, 0.5) is 0 Å². The highest BCUT2D eigenvalue weighted by atomic mass is 16.6. The van der Waals surface area contributed by atoms with Crippen molar-refractivity contribution in [2.75, 3.05) is 26.4 Å². The maximum absolute atomic E-state index is 13.1. The minimum Gasteiger partial charge on any atom is -0.504 e. The van der Waals surface area contributed by atoms with E-state index in [4.69, 9.17) is 10.5 Å². The zero-order valence-electron chi connectivity index (χ0n) is 35.0. The number of nitrogens with one attached hydrogen (secondary N) is 3. The van der Waals surface area contributed by atoms with Crippen LogP contribution in [0.2, 0.25) is 0 Å². The number of piperidine rings is 2. The van der Waals surface area contributed by atoms with Crippen molar-refractivity contribution < 1.29 is 24.5 Å². The molecule has 1 aliphatic carbocycles. The monoisotopic (exact) mass is 812 g/mol. The van der Waals surface area contributed by atoms with Crippen LogP contribution in [0.25, 0.3) is 6.08 Å². The summed E-state index contributed by atoms with van der Waals surface area (Å²) in [6.07, 6.45) is 21.4. The number of rotatable bonds is 20. The Balaban J connectivity index is 0.922. The van der Waals surface area contributed by atoms with Crippen molar-refractivity contribution in [1.29, 1.82) is 0 Å². The number of ketones is 2. The number of aliphatic hydroxyl groups is 1. The second-order valence-corrected chi connectivity index (χ2v) is 17.2. The number of carbonyl (C=O) groups excluding carboxylic acids is 2. The Hall–Kier alpha value is -4.80. The zero-order valence-corrected chi connectivity index (χ0v) is 35.0. The number of nitrogens with two attached hydrogens (primary N) is 1. The summed E-state index contributed by atoms with van der Waals surface area (Å²) in [4.78, 5) is 26.1. The van der Waals surface area contributed by atoms with E-state index in [1.54, 1.807) is 23.8 Å². The number of allylic oxidation sites excluding steroid dienone is 3. The van der Waals surface area contributed by atoms with Gasteiger partial charge in [0.25, 0.3) is 0 Å². The fourth-order valence-corrected chi connectivity index (χ4v) is 9.92. The second kappa shape index (κ2) is 21.6. The number of ether oxygens (including phenoxy) is 1. The average molecular weight is 813 g/mol. The first kappa shape index (κ1) is 43.3. The summed E-state index contributed by atoms with van der Waals surface area (Å²) in [7, 11) is 0. The normalized spacial score (nSPS) is 22.5. The molecule has 3 aromatic carbocycles. The molecule has 4 aliphatic rings. The number of unbranched alkanes of at least 4 members (excludes halogenated alkanes) is 2. The van der Waals surface area contributed by atoms with Gasteiger partial charge in [0.2, 0.25) is 0 Å². The average Bonchev–Trinajstić information content (AvgIpc) is 3.26. The van der Waals surface area contributed by atoms with E-state index in [1.807, 2.05) is 18.3 Å². The van der Waals surface area contributed by atoms with Crippen molar-refractivity contribution in [3.05, 3.63) is 136 Å². The van der Waals surface area contributed by atoms with Crippen LogP contribution < -0.4 is 26.4 Å². The van der Waals surface area contributed by atoms with Crippen LogP contribution >= 0.6 is 0 Å². The fourth-order valence-electron chi connectivity index (χ4n) is 9.92. The van der Waals surface area contributed by atoms with Crippen molar-refractivity contribution in [3.8, 4) is 11.5 Å². The zero-order chi connectivity index (χ0) is 41.7. The summed E-state index contributed by atoms with van der Waals surface area (Å²) >= 11 is 0. The van der Waals surface area contributed by atoms with E-state index in [0.29, 0.717) is 36.3 Å². The van der Waals surface area contributed by atoms with E-state index in [-0.39, 0.29) is 35.7 Å². The molecule has 9 heteroatoms. The molecule has 2 saturated heterocycles. The lowest BCUT2D eigenvalue weighted by Gasteiger charge is -2.47. The number of phenols is 1. The van der Waals surface area contributed by atoms with Crippen LogP contribution in [-0.4, -0.2) is 60.4 Å². The molecule has 2 fully saturated rings. The number of aryl methyl sites for hydroxylation is 3. The van der Waals surface area contributed by atoms with Crippen molar-refractivity contribution in [3.63, 3.8) is 0 Å². The molecule has 5 atom stereocenters. The minimum absolute atomic E-state index is 0.0404. The summed E-state index contributed by atoms with van der Waals surface area (Å²) in [5, 5.41) is 31.0. The van der Waals surface area contributed by atoms with Gasteiger partial charge in [0, 0.05) is 25.2 Å². The van der Waals surface area contributed by atoms with E-state index in [2.05, 4.69) is 70.6 Å². The molecular weight excluding hydrogens is 749 g/mol. The molecular formula is C51H64N4O5. The van der Waals surface area contributed by atoms with Crippen molar-refractivity contribution >= 4 is 17.6 Å². The van der Waals surface area contributed by atoms with Crippen LogP contribution in [-0.2, 0) is 35.3 Å². The lowest BCUT2D eigenvalue weighted by molar-refractivity contribution is -0.124. The minimum atomic E-state index is -0.606. The van der Waals surface area contributed by atoms with Gasteiger partial charge in [-0.25, -0.2) is 0 Å². The number of aliphatic hydroxyl groups excluding tert-OH is 1. The standard InChI is InChI=1S/C51H64N4O5/c52-50-30-39(19-18-37-12-7-11-36(25-37)17-16-35-9-3-1-4-10-35)42(33-55-50)27-41-28-48(59)49(60-34-56)29-38(41)20-21-45(58)31-44(57)14-5-2-6-15-47-46-22-24-53-32-43(46)26-40-13-8-23-54-51(40)47/h1,3-4,7,9-12,20-21,25-26,28-30,33,43,46-47,50-51,53-56,59H,2,5-6,8,13-19,22-24,27,31-32,34,52H2. The van der Waals surface area contributed by atoms with Gasteiger partial charge in [0.1, 0.15) is 5.78 Å². The predicted octanol–water partition coefficient (Wildman–Crippen LogP) is 7.41. The highest BCUT2D eigenvalue weighted by Gasteiger charge is 2.41. The van der Waals surface area contributed by atoms with Crippen LogP contribution in [0.15, 0.2) is 108 Å². The number of aromatic hydroxyl groups is 1. The second-order valence-electron chi connectivity index (χ2n) is 17.2. The molecule has 5 unspecified atom stereocenters. The number of hydrogen-bond donors (Lipinski definition) is 6. The van der Waals surface area contributed by atoms with E-state index in [0.717, 1.165) is 87.2 Å². The number of benzene rings is 3. The number of dihydropyridines is 1. The molecule has 0 bridgehead atoms. The summed E-state index contributed by atoms with van der Waals surface area (Å²) in [5.74, 6) is 1.74. The van der Waals surface area contributed by atoms with E-state index < -0.39 is 6.79 Å². The molecule has 3 heterocycles. The summed E-state index contributed by atoms with van der Waals surface area (Å²) in [5.41, 5.74) is 15.4. The lowest BCUT2D eigenvalue weighted by atomic mass is 9.64. The van der Waals surface area contributed by atoms with E-state index in [1.165, 1.54) is 48.4 Å². The number of phenolic OH excluding ortho intramolecular Hbond substituents is 1. The molecule has 0 radical (unpaired) electrons. The highest BCUT2D eigenvalue weighted by molar-refractivity contribution is 6.06. The molecule has 3 aliphatic heterocycles. The number of carbonyl (C=O) groups is 2. The quantitative estimate of drug-likeness (QED) is 0.0226. The van der Waals surface area contributed by atoms with Gasteiger partial charge < -0.3 is 36.6 Å². The van der Waals surface area contributed by atoms with Gasteiger partial charge >= 0.3 is 0 Å². The Kier molecular flexibility index (Phi) is 15.6. The van der Waals surface area contributed by atoms with Crippen molar-refractivity contribution in [1.82, 2.24) is 16.0 Å². The highest BCUT2D eigenvalue weighted by Crippen LogP contribution is 2.42.